The first kappa shape index (κ1) is 19.2. The van der Waals surface area contributed by atoms with Gasteiger partial charge in [0.25, 0.3) is 5.91 Å². The summed E-state index contributed by atoms with van der Waals surface area (Å²) in [6.07, 6.45) is 4.60. The lowest BCUT2D eigenvalue weighted by Crippen LogP contribution is -2.51. The highest BCUT2D eigenvalue weighted by atomic mass is 16.3. The highest BCUT2D eigenvalue weighted by Crippen LogP contribution is 2.39. The smallest absolute Gasteiger partial charge is 0.275 e. The SMILES string of the molecule is Cc1ccc(C2=NC3(CCCCC3)N(CC(=O)Nc3ccccc3O)C2=O)cc1. The number of aromatic hydroxyl groups is 1. The van der Waals surface area contributed by atoms with Crippen molar-refractivity contribution in [3.05, 3.63) is 59.7 Å². The topological polar surface area (TPSA) is 82.0 Å². The van der Waals surface area contributed by atoms with E-state index in [0.29, 0.717) is 11.4 Å². The van der Waals surface area contributed by atoms with Crippen LogP contribution in [0.2, 0.25) is 0 Å². The van der Waals surface area contributed by atoms with Gasteiger partial charge in [0.1, 0.15) is 23.7 Å². The number of phenols is 1. The number of aryl methyl sites for hydroxylation is 1. The molecule has 2 aliphatic rings. The summed E-state index contributed by atoms with van der Waals surface area (Å²) in [5, 5.41) is 12.6. The Morgan fingerprint density at radius 2 is 1.79 bits per heavy atom. The van der Waals surface area contributed by atoms with E-state index in [1.807, 2.05) is 31.2 Å². The molecule has 0 atom stereocenters. The molecule has 0 bridgehead atoms. The average molecular weight is 391 g/mol. The van der Waals surface area contributed by atoms with Gasteiger partial charge in [0, 0.05) is 5.56 Å². The van der Waals surface area contributed by atoms with Gasteiger partial charge in [-0.25, -0.2) is 0 Å². The lowest BCUT2D eigenvalue weighted by atomic mass is 9.88. The summed E-state index contributed by atoms with van der Waals surface area (Å²) in [6, 6.07) is 14.3. The van der Waals surface area contributed by atoms with Gasteiger partial charge in [-0.2, -0.15) is 0 Å². The summed E-state index contributed by atoms with van der Waals surface area (Å²) >= 11 is 0. The van der Waals surface area contributed by atoms with E-state index in [-0.39, 0.29) is 24.1 Å². The van der Waals surface area contributed by atoms with Crippen molar-refractivity contribution < 1.29 is 14.7 Å². The summed E-state index contributed by atoms with van der Waals surface area (Å²) in [5.41, 5.74) is 2.02. The van der Waals surface area contributed by atoms with Crippen LogP contribution in [0.15, 0.2) is 53.5 Å². The van der Waals surface area contributed by atoms with E-state index in [4.69, 9.17) is 4.99 Å². The summed E-state index contributed by atoms with van der Waals surface area (Å²) in [7, 11) is 0. The summed E-state index contributed by atoms with van der Waals surface area (Å²) in [5.74, 6) is -0.550. The molecule has 0 radical (unpaired) electrons. The van der Waals surface area contributed by atoms with Gasteiger partial charge in [-0.3, -0.25) is 14.6 Å². The van der Waals surface area contributed by atoms with Crippen LogP contribution in [0.4, 0.5) is 5.69 Å². The standard InChI is InChI=1S/C23H25N3O3/c1-16-9-11-17(12-10-16)21-22(29)26(23(25-21)13-5-2-6-14-23)15-20(28)24-18-7-3-4-8-19(18)27/h3-4,7-12,27H,2,5-6,13-15H2,1H3,(H,24,28). The molecule has 2 amide bonds. The number of carbonyl (C=O) groups excluding carboxylic acids is 2. The van der Waals surface area contributed by atoms with E-state index >= 15 is 0 Å². The second-order valence-corrected chi connectivity index (χ2v) is 7.83. The molecule has 0 saturated heterocycles. The zero-order chi connectivity index (χ0) is 20.4. The molecule has 1 saturated carbocycles. The second kappa shape index (κ2) is 7.70. The highest BCUT2D eigenvalue weighted by molar-refractivity contribution is 6.47. The minimum atomic E-state index is -0.647. The van der Waals surface area contributed by atoms with Gasteiger partial charge in [0.15, 0.2) is 0 Å². The molecule has 1 fully saturated rings. The van der Waals surface area contributed by atoms with Crippen LogP contribution in [-0.2, 0) is 9.59 Å². The fraction of sp³-hybridized carbons (Fsp3) is 0.348. The molecule has 1 aliphatic heterocycles. The number of anilines is 1. The van der Waals surface area contributed by atoms with Crippen molar-refractivity contribution in [2.45, 2.75) is 44.7 Å². The molecule has 150 valence electrons. The quantitative estimate of drug-likeness (QED) is 0.781. The molecular formula is C23H25N3O3. The van der Waals surface area contributed by atoms with Crippen LogP contribution in [0.5, 0.6) is 5.75 Å². The number of carbonyl (C=O) groups is 2. The molecule has 0 unspecified atom stereocenters. The Bertz CT molecular complexity index is 960. The fourth-order valence-corrected chi connectivity index (χ4v) is 4.16. The first-order valence-electron chi connectivity index (χ1n) is 10.1. The number of nitrogens with zero attached hydrogens (tertiary/aromatic N) is 2. The largest absolute Gasteiger partial charge is 0.506 e. The molecular weight excluding hydrogens is 366 g/mol. The molecule has 0 aromatic heterocycles. The maximum atomic E-state index is 13.3. The van der Waals surface area contributed by atoms with Crippen LogP contribution in [-0.4, -0.2) is 39.7 Å². The number of benzene rings is 2. The van der Waals surface area contributed by atoms with Crippen LogP contribution >= 0.6 is 0 Å². The third-order valence-electron chi connectivity index (χ3n) is 5.73. The monoisotopic (exact) mass is 391 g/mol. The number of rotatable bonds is 4. The number of nitrogens with one attached hydrogen (secondary N) is 1. The number of hydrogen-bond donors (Lipinski definition) is 2. The summed E-state index contributed by atoms with van der Waals surface area (Å²) < 4.78 is 0. The van der Waals surface area contributed by atoms with Gasteiger partial charge in [-0.05, 0) is 44.7 Å². The Hall–Kier alpha value is -3.15. The Kier molecular flexibility index (Phi) is 5.09. The van der Waals surface area contributed by atoms with Crippen LogP contribution in [0.1, 0.15) is 43.2 Å². The van der Waals surface area contributed by atoms with Crippen molar-refractivity contribution in [2.24, 2.45) is 4.99 Å². The second-order valence-electron chi connectivity index (χ2n) is 7.83. The van der Waals surface area contributed by atoms with Gasteiger partial charge in [0.2, 0.25) is 5.91 Å². The molecule has 2 aromatic rings. The van der Waals surface area contributed by atoms with E-state index in [9.17, 15) is 14.7 Å². The zero-order valence-corrected chi connectivity index (χ0v) is 16.5. The Morgan fingerprint density at radius 3 is 2.48 bits per heavy atom. The van der Waals surface area contributed by atoms with Gasteiger partial charge in [-0.1, -0.05) is 48.4 Å². The summed E-state index contributed by atoms with van der Waals surface area (Å²) in [4.78, 5) is 32.5. The minimum Gasteiger partial charge on any atom is -0.506 e. The zero-order valence-electron chi connectivity index (χ0n) is 16.5. The van der Waals surface area contributed by atoms with Crippen molar-refractivity contribution >= 4 is 23.2 Å². The molecule has 29 heavy (non-hydrogen) atoms. The van der Waals surface area contributed by atoms with Crippen LogP contribution in [0.3, 0.4) is 0 Å². The van der Waals surface area contributed by atoms with Gasteiger partial charge in [0.05, 0.1) is 5.69 Å². The number of phenolic OH excluding ortho intramolecular Hbond substituents is 1. The van der Waals surface area contributed by atoms with Gasteiger partial charge in [-0.15, -0.1) is 0 Å². The molecule has 6 heteroatoms. The molecule has 1 aliphatic carbocycles. The van der Waals surface area contributed by atoms with Crippen LogP contribution in [0.25, 0.3) is 0 Å². The lowest BCUT2D eigenvalue weighted by Gasteiger charge is -2.38. The normalized spacial score (nSPS) is 18.0. The number of para-hydroxylation sites is 2. The van der Waals surface area contributed by atoms with E-state index in [1.165, 1.54) is 6.07 Å². The fourth-order valence-electron chi connectivity index (χ4n) is 4.16. The van der Waals surface area contributed by atoms with E-state index in [2.05, 4.69) is 5.32 Å². The van der Waals surface area contributed by atoms with E-state index in [0.717, 1.165) is 43.2 Å². The molecule has 2 N–H and O–H groups in total. The highest BCUT2D eigenvalue weighted by Gasteiger charge is 2.48. The van der Waals surface area contributed by atoms with Crippen LogP contribution < -0.4 is 5.32 Å². The van der Waals surface area contributed by atoms with Crippen LogP contribution in [0, 0.1) is 6.92 Å². The van der Waals surface area contributed by atoms with Gasteiger partial charge >= 0.3 is 0 Å². The number of amides is 2. The Labute approximate surface area is 170 Å². The van der Waals surface area contributed by atoms with Crippen molar-refractivity contribution in [1.82, 2.24) is 4.90 Å². The summed E-state index contributed by atoms with van der Waals surface area (Å²) in [6.45, 7) is 1.91. The first-order chi connectivity index (χ1) is 14.0. The first-order valence-corrected chi connectivity index (χ1v) is 10.1. The van der Waals surface area contributed by atoms with E-state index < -0.39 is 5.66 Å². The molecule has 6 nitrogen and oxygen atoms in total. The van der Waals surface area contributed by atoms with Crippen molar-refractivity contribution in [2.75, 3.05) is 11.9 Å². The minimum absolute atomic E-state index is 0.00225. The third-order valence-corrected chi connectivity index (χ3v) is 5.73. The maximum Gasteiger partial charge on any atom is 0.275 e. The Morgan fingerprint density at radius 1 is 1.10 bits per heavy atom. The molecule has 4 rings (SSSR count). The number of hydrogen-bond acceptors (Lipinski definition) is 4. The molecule has 1 spiro atoms. The van der Waals surface area contributed by atoms with Crippen molar-refractivity contribution in [1.29, 1.82) is 0 Å². The predicted molar refractivity (Wildman–Crippen MR) is 112 cm³/mol. The molecule has 2 aromatic carbocycles. The maximum absolute atomic E-state index is 13.3. The third kappa shape index (κ3) is 3.75. The average Bonchev–Trinajstić information content (AvgIpc) is 2.97. The molecule has 1 heterocycles. The Balaban J connectivity index is 1.59. The lowest BCUT2D eigenvalue weighted by molar-refractivity contribution is -0.134. The van der Waals surface area contributed by atoms with E-state index in [1.54, 1.807) is 23.1 Å². The van der Waals surface area contributed by atoms with Crippen molar-refractivity contribution in [3.8, 4) is 5.75 Å². The predicted octanol–water partition coefficient (Wildman–Crippen LogP) is 3.63. The van der Waals surface area contributed by atoms with Gasteiger partial charge < -0.3 is 15.3 Å². The van der Waals surface area contributed by atoms with Crippen molar-refractivity contribution in [3.63, 3.8) is 0 Å². The number of aliphatic imine (C=N–C) groups is 1.